The van der Waals surface area contributed by atoms with E-state index in [1.54, 1.807) is 0 Å². The molecule has 0 radical (unpaired) electrons. The van der Waals surface area contributed by atoms with Crippen molar-refractivity contribution >= 4 is 12.0 Å². The summed E-state index contributed by atoms with van der Waals surface area (Å²) in [5.41, 5.74) is 0.799. The summed E-state index contributed by atoms with van der Waals surface area (Å²) in [5.74, 6) is -0.0724. The first kappa shape index (κ1) is 15.4. The molecule has 1 atom stereocenters. The highest BCUT2D eigenvalue weighted by Gasteiger charge is 2.20. The number of carboxylic acid groups (broad SMARTS) is 1. The van der Waals surface area contributed by atoms with Gasteiger partial charge in [-0.05, 0) is 24.3 Å². The number of aliphatic carboxylic acids is 1. The third-order valence-corrected chi connectivity index (χ3v) is 3.66. The minimum Gasteiger partial charge on any atom is -0.481 e. The number of rotatable bonds is 8. The number of carbonyl (C=O) groups excluding carboxylic acids is 1. The van der Waals surface area contributed by atoms with Crippen LogP contribution in [-0.2, 0) is 4.79 Å². The fourth-order valence-corrected chi connectivity index (χ4v) is 2.32. The van der Waals surface area contributed by atoms with Crippen LogP contribution < -0.4 is 10.6 Å². The summed E-state index contributed by atoms with van der Waals surface area (Å²) in [6.45, 7) is 0.636. The standard InChI is InChI=1S/C16H22N2O3/c19-15(20)11-14(13-6-2-1-3-7-13)18-16(21)17-10-4-5-12-8-9-12/h1-3,6-7,12,14H,4-5,8-11H2,(H,19,20)(H2,17,18,21). The number of hydrogen-bond donors (Lipinski definition) is 3. The first-order valence-electron chi connectivity index (χ1n) is 7.46. The van der Waals surface area contributed by atoms with Crippen LogP contribution >= 0.6 is 0 Å². The van der Waals surface area contributed by atoms with Gasteiger partial charge in [0.05, 0.1) is 12.5 Å². The summed E-state index contributed by atoms with van der Waals surface area (Å²) in [7, 11) is 0. The summed E-state index contributed by atoms with van der Waals surface area (Å²) < 4.78 is 0. The third kappa shape index (κ3) is 5.85. The Labute approximate surface area is 124 Å². The Kier molecular flexibility index (Phi) is 5.60. The zero-order valence-corrected chi connectivity index (χ0v) is 12.0. The minimum atomic E-state index is -0.933. The number of carbonyl (C=O) groups is 2. The highest BCUT2D eigenvalue weighted by atomic mass is 16.4. The average molecular weight is 290 g/mol. The number of carboxylic acids is 1. The summed E-state index contributed by atoms with van der Waals surface area (Å²) in [5, 5.41) is 14.5. The molecule has 1 aliphatic carbocycles. The molecule has 2 rings (SSSR count). The van der Waals surface area contributed by atoms with E-state index in [0.29, 0.717) is 6.54 Å². The fourth-order valence-electron chi connectivity index (χ4n) is 2.32. The zero-order chi connectivity index (χ0) is 15.1. The van der Waals surface area contributed by atoms with Crippen LogP contribution in [0.5, 0.6) is 0 Å². The van der Waals surface area contributed by atoms with Crippen molar-refractivity contribution in [2.24, 2.45) is 5.92 Å². The van der Waals surface area contributed by atoms with Gasteiger partial charge in [-0.15, -0.1) is 0 Å². The predicted molar refractivity (Wildman–Crippen MR) is 79.9 cm³/mol. The molecule has 1 unspecified atom stereocenters. The summed E-state index contributed by atoms with van der Waals surface area (Å²) in [6, 6.07) is 8.35. The summed E-state index contributed by atoms with van der Waals surface area (Å²) in [4.78, 5) is 22.8. The van der Waals surface area contributed by atoms with Crippen molar-refractivity contribution < 1.29 is 14.7 Å². The van der Waals surface area contributed by atoms with Crippen molar-refractivity contribution in [1.82, 2.24) is 10.6 Å². The van der Waals surface area contributed by atoms with Crippen LogP contribution in [0.1, 0.15) is 43.7 Å². The van der Waals surface area contributed by atoms with Crippen LogP contribution in [0.2, 0.25) is 0 Å². The molecule has 2 amide bonds. The molecular formula is C16H22N2O3. The van der Waals surface area contributed by atoms with Gasteiger partial charge in [-0.3, -0.25) is 4.79 Å². The molecule has 0 aromatic heterocycles. The Morgan fingerprint density at radius 3 is 2.57 bits per heavy atom. The van der Waals surface area contributed by atoms with E-state index in [-0.39, 0.29) is 12.5 Å². The molecule has 0 spiro atoms. The molecular weight excluding hydrogens is 268 g/mol. The molecule has 0 aliphatic heterocycles. The van der Waals surface area contributed by atoms with E-state index >= 15 is 0 Å². The number of nitrogens with one attached hydrogen (secondary N) is 2. The zero-order valence-electron chi connectivity index (χ0n) is 12.0. The number of hydrogen-bond acceptors (Lipinski definition) is 2. The molecule has 114 valence electrons. The number of amides is 2. The Balaban J connectivity index is 1.79. The van der Waals surface area contributed by atoms with Gasteiger partial charge in [0.2, 0.25) is 0 Å². The number of benzene rings is 1. The van der Waals surface area contributed by atoms with Crippen LogP contribution in [-0.4, -0.2) is 23.7 Å². The lowest BCUT2D eigenvalue weighted by molar-refractivity contribution is -0.137. The highest BCUT2D eigenvalue weighted by molar-refractivity contribution is 5.76. The highest BCUT2D eigenvalue weighted by Crippen LogP contribution is 2.33. The third-order valence-electron chi connectivity index (χ3n) is 3.66. The van der Waals surface area contributed by atoms with Gasteiger partial charge in [0.25, 0.3) is 0 Å². The van der Waals surface area contributed by atoms with Crippen LogP contribution in [0.4, 0.5) is 4.79 Å². The van der Waals surface area contributed by atoms with Gasteiger partial charge in [0.15, 0.2) is 0 Å². The molecule has 1 fully saturated rings. The van der Waals surface area contributed by atoms with Gasteiger partial charge in [0.1, 0.15) is 0 Å². The van der Waals surface area contributed by atoms with Crippen molar-refractivity contribution in [1.29, 1.82) is 0 Å². The molecule has 1 aromatic carbocycles. The van der Waals surface area contributed by atoms with Crippen molar-refractivity contribution in [3.05, 3.63) is 35.9 Å². The molecule has 3 N–H and O–H groups in total. The molecule has 1 saturated carbocycles. The van der Waals surface area contributed by atoms with Crippen molar-refractivity contribution in [3.8, 4) is 0 Å². The SMILES string of the molecule is O=C(O)CC(NC(=O)NCCCC1CC1)c1ccccc1. The molecule has 1 aromatic rings. The van der Waals surface area contributed by atoms with Crippen LogP contribution in [0.15, 0.2) is 30.3 Å². The lowest BCUT2D eigenvalue weighted by atomic mass is 10.0. The van der Waals surface area contributed by atoms with Crippen LogP contribution in [0, 0.1) is 5.92 Å². The van der Waals surface area contributed by atoms with Gasteiger partial charge >= 0.3 is 12.0 Å². The van der Waals surface area contributed by atoms with Gasteiger partial charge in [-0.25, -0.2) is 4.79 Å². The second-order valence-corrected chi connectivity index (χ2v) is 5.55. The summed E-state index contributed by atoms with van der Waals surface area (Å²) >= 11 is 0. The second-order valence-electron chi connectivity index (χ2n) is 5.55. The maximum atomic E-state index is 11.9. The van der Waals surface area contributed by atoms with Crippen molar-refractivity contribution in [3.63, 3.8) is 0 Å². The van der Waals surface area contributed by atoms with E-state index in [2.05, 4.69) is 10.6 Å². The molecule has 5 nitrogen and oxygen atoms in total. The van der Waals surface area contributed by atoms with Crippen LogP contribution in [0.3, 0.4) is 0 Å². The molecule has 0 saturated heterocycles. The van der Waals surface area contributed by atoms with Crippen molar-refractivity contribution in [2.75, 3.05) is 6.54 Å². The molecule has 21 heavy (non-hydrogen) atoms. The maximum Gasteiger partial charge on any atom is 0.315 e. The normalized spacial score (nSPS) is 15.2. The number of urea groups is 1. The van der Waals surface area contributed by atoms with E-state index in [1.807, 2.05) is 30.3 Å². The van der Waals surface area contributed by atoms with E-state index in [9.17, 15) is 9.59 Å². The van der Waals surface area contributed by atoms with Crippen LogP contribution in [0.25, 0.3) is 0 Å². The minimum absolute atomic E-state index is 0.125. The van der Waals surface area contributed by atoms with E-state index in [1.165, 1.54) is 12.8 Å². The van der Waals surface area contributed by atoms with Crippen molar-refractivity contribution in [2.45, 2.75) is 38.1 Å². The largest absolute Gasteiger partial charge is 0.481 e. The average Bonchev–Trinajstić information content (AvgIpc) is 3.27. The maximum absolute atomic E-state index is 11.9. The Morgan fingerprint density at radius 2 is 1.95 bits per heavy atom. The molecule has 5 heteroatoms. The van der Waals surface area contributed by atoms with E-state index in [4.69, 9.17) is 5.11 Å². The topological polar surface area (TPSA) is 78.4 Å². The van der Waals surface area contributed by atoms with Gasteiger partial charge in [-0.1, -0.05) is 43.2 Å². The fraction of sp³-hybridized carbons (Fsp3) is 0.500. The Bertz CT molecular complexity index is 472. The first-order valence-corrected chi connectivity index (χ1v) is 7.46. The smallest absolute Gasteiger partial charge is 0.315 e. The first-order chi connectivity index (χ1) is 10.1. The predicted octanol–water partition coefficient (Wildman–Crippen LogP) is 2.69. The Morgan fingerprint density at radius 1 is 1.24 bits per heavy atom. The molecule has 0 bridgehead atoms. The molecule has 0 heterocycles. The second kappa shape index (κ2) is 7.67. The van der Waals surface area contributed by atoms with E-state index < -0.39 is 12.0 Å². The molecule has 1 aliphatic rings. The van der Waals surface area contributed by atoms with Gasteiger partial charge < -0.3 is 15.7 Å². The lowest BCUT2D eigenvalue weighted by Crippen LogP contribution is -2.39. The lowest BCUT2D eigenvalue weighted by Gasteiger charge is -2.18. The van der Waals surface area contributed by atoms with E-state index in [0.717, 1.165) is 24.3 Å². The van der Waals surface area contributed by atoms with Gasteiger partial charge in [-0.2, -0.15) is 0 Å². The Hall–Kier alpha value is -2.04. The quantitative estimate of drug-likeness (QED) is 0.644. The summed E-state index contributed by atoms with van der Waals surface area (Å²) in [6.07, 6.45) is 4.66. The monoisotopic (exact) mass is 290 g/mol. The van der Waals surface area contributed by atoms with Gasteiger partial charge in [0, 0.05) is 6.54 Å².